The predicted molar refractivity (Wildman–Crippen MR) is 59.8 cm³/mol. The number of furan rings is 1. The number of ether oxygens (including phenoxy) is 1. The van der Waals surface area contributed by atoms with Gasteiger partial charge in [0, 0.05) is 6.61 Å². The summed E-state index contributed by atoms with van der Waals surface area (Å²) in [4.78, 5) is 10.6. The van der Waals surface area contributed by atoms with Gasteiger partial charge in [0.15, 0.2) is 0 Å². The van der Waals surface area contributed by atoms with Gasteiger partial charge in [0.1, 0.15) is 0 Å². The van der Waals surface area contributed by atoms with E-state index in [2.05, 4.69) is 4.72 Å². The second-order valence-corrected chi connectivity index (χ2v) is 5.66. The van der Waals surface area contributed by atoms with Crippen LogP contribution in [0.15, 0.2) is 21.6 Å². The fourth-order valence-electron chi connectivity index (χ4n) is 1.72. The highest BCUT2D eigenvalue weighted by Gasteiger charge is 2.31. The van der Waals surface area contributed by atoms with Crippen LogP contribution in [0.4, 0.5) is 0 Å². The molecule has 1 saturated heterocycles. The third-order valence-corrected chi connectivity index (χ3v) is 4.10. The van der Waals surface area contributed by atoms with Crippen molar-refractivity contribution in [3.05, 3.63) is 17.9 Å². The third kappa shape index (κ3) is 2.55. The minimum atomic E-state index is -3.85. The van der Waals surface area contributed by atoms with E-state index in [9.17, 15) is 13.2 Å². The standard InChI is InChI=1S/C10H13NO6S/c1-6-7(4-5-16-6)11-18(14,15)9-3-2-8(17-9)10(12)13/h2-3,6-7,11H,4-5H2,1H3,(H,12,13). The van der Waals surface area contributed by atoms with Crippen LogP contribution in [0.3, 0.4) is 0 Å². The van der Waals surface area contributed by atoms with Crippen molar-refractivity contribution in [1.82, 2.24) is 4.72 Å². The molecule has 0 amide bonds. The Kier molecular flexibility index (Phi) is 3.42. The molecule has 2 rings (SSSR count). The second-order valence-electron chi connectivity index (χ2n) is 4.02. The van der Waals surface area contributed by atoms with E-state index in [0.29, 0.717) is 13.0 Å². The van der Waals surface area contributed by atoms with Crippen molar-refractivity contribution >= 4 is 16.0 Å². The first kappa shape index (κ1) is 13.1. The number of hydrogen-bond donors (Lipinski definition) is 2. The van der Waals surface area contributed by atoms with Crippen molar-refractivity contribution in [3.8, 4) is 0 Å². The van der Waals surface area contributed by atoms with Crippen LogP contribution >= 0.6 is 0 Å². The summed E-state index contributed by atoms with van der Waals surface area (Å²) < 4.78 is 36.3. The number of carboxylic acid groups (broad SMARTS) is 1. The number of aromatic carboxylic acids is 1. The number of nitrogens with one attached hydrogen (secondary N) is 1. The van der Waals surface area contributed by atoms with Crippen molar-refractivity contribution in [2.45, 2.75) is 30.6 Å². The van der Waals surface area contributed by atoms with Gasteiger partial charge in [0.05, 0.1) is 12.1 Å². The molecule has 7 nitrogen and oxygen atoms in total. The Balaban J connectivity index is 2.17. The lowest BCUT2D eigenvalue weighted by molar-refractivity contribution is 0.0656. The minimum Gasteiger partial charge on any atom is -0.475 e. The highest BCUT2D eigenvalue weighted by molar-refractivity contribution is 7.89. The smallest absolute Gasteiger partial charge is 0.371 e. The molecule has 100 valence electrons. The summed E-state index contributed by atoms with van der Waals surface area (Å²) in [6.45, 7) is 2.26. The molecule has 1 aromatic rings. The lowest BCUT2D eigenvalue weighted by atomic mass is 10.2. The summed E-state index contributed by atoms with van der Waals surface area (Å²) in [6.07, 6.45) is 0.362. The fraction of sp³-hybridized carbons (Fsp3) is 0.500. The van der Waals surface area contributed by atoms with Gasteiger partial charge in [0.25, 0.3) is 10.0 Å². The summed E-state index contributed by atoms with van der Waals surface area (Å²) >= 11 is 0. The van der Waals surface area contributed by atoms with Crippen LogP contribution in [0.5, 0.6) is 0 Å². The molecule has 8 heteroatoms. The molecule has 2 N–H and O–H groups in total. The molecular formula is C10H13NO6S. The molecule has 0 aliphatic carbocycles. The minimum absolute atomic E-state index is 0.214. The van der Waals surface area contributed by atoms with Crippen molar-refractivity contribution < 1.29 is 27.5 Å². The molecule has 18 heavy (non-hydrogen) atoms. The zero-order valence-electron chi connectivity index (χ0n) is 9.62. The predicted octanol–water partition coefficient (Wildman–Crippen LogP) is 0.433. The van der Waals surface area contributed by atoms with Crippen LogP contribution in [0, 0.1) is 0 Å². The highest BCUT2D eigenvalue weighted by atomic mass is 32.2. The SMILES string of the molecule is CC1OCCC1NS(=O)(=O)c1ccc(C(=O)O)o1. The molecule has 1 fully saturated rings. The molecule has 0 bridgehead atoms. The van der Waals surface area contributed by atoms with Gasteiger partial charge in [-0.25, -0.2) is 17.9 Å². The van der Waals surface area contributed by atoms with E-state index in [1.165, 1.54) is 0 Å². The lowest BCUT2D eigenvalue weighted by Crippen LogP contribution is -2.38. The van der Waals surface area contributed by atoms with E-state index in [4.69, 9.17) is 14.3 Å². The van der Waals surface area contributed by atoms with Crippen LogP contribution in [-0.2, 0) is 14.8 Å². The van der Waals surface area contributed by atoms with Crippen LogP contribution < -0.4 is 4.72 Å². The summed E-state index contributed by atoms with van der Waals surface area (Å²) in [5, 5.41) is 8.26. The number of sulfonamides is 1. The highest BCUT2D eigenvalue weighted by Crippen LogP contribution is 2.18. The lowest BCUT2D eigenvalue weighted by Gasteiger charge is -2.14. The van der Waals surface area contributed by atoms with Gasteiger partial charge in [-0.3, -0.25) is 0 Å². The van der Waals surface area contributed by atoms with Crippen LogP contribution in [-0.4, -0.2) is 38.2 Å². The number of rotatable bonds is 4. The normalized spacial score (nSPS) is 24.3. The van der Waals surface area contributed by atoms with Crippen molar-refractivity contribution in [2.24, 2.45) is 0 Å². The van der Waals surface area contributed by atoms with Gasteiger partial charge in [-0.1, -0.05) is 0 Å². The summed E-state index contributed by atoms with van der Waals surface area (Å²) in [7, 11) is -3.85. The molecule has 2 heterocycles. The maximum Gasteiger partial charge on any atom is 0.371 e. The Hall–Kier alpha value is -1.38. The van der Waals surface area contributed by atoms with Crippen LogP contribution in [0.2, 0.25) is 0 Å². The van der Waals surface area contributed by atoms with Crippen LogP contribution in [0.25, 0.3) is 0 Å². The molecule has 1 aromatic heterocycles. The van der Waals surface area contributed by atoms with Gasteiger partial charge in [-0.15, -0.1) is 0 Å². The third-order valence-electron chi connectivity index (χ3n) is 2.74. The van der Waals surface area contributed by atoms with Gasteiger partial charge < -0.3 is 14.3 Å². The maximum absolute atomic E-state index is 11.9. The number of carbonyl (C=O) groups is 1. The first-order valence-corrected chi connectivity index (χ1v) is 6.85. The van der Waals surface area contributed by atoms with Gasteiger partial charge in [-0.05, 0) is 25.5 Å². The van der Waals surface area contributed by atoms with E-state index < -0.39 is 26.8 Å². The van der Waals surface area contributed by atoms with E-state index in [0.717, 1.165) is 12.1 Å². The van der Waals surface area contributed by atoms with E-state index in [-0.39, 0.29) is 12.1 Å². The summed E-state index contributed by atoms with van der Waals surface area (Å²) in [5.41, 5.74) is 0. The molecular weight excluding hydrogens is 262 g/mol. The van der Waals surface area contributed by atoms with Gasteiger partial charge in [-0.2, -0.15) is 0 Å². The average Bonchev–Trinajstić information content (AvgIpc) is 2.88. The monoisotopic (exact) mass is 275 g/mol. The molecule has 0 saturated carbocycles. The van der Waals surface area contributed by atoms with E-state index in [1.807, 2.05) is 0 Å². The molecule has 2 unspecified atom stereocenters. The second kappa shape index (κ2) is 4.71. The molecule has 0 spiro atoms. The Morgan fingerprint density at radius 2 is 2.22 bits per heavy atom. The Morgan fingerprint density at radius 1 is 1.50 bits per heavy atom. The number of hydrogen-bond acceptors (Lipinski definition) is 5. The molecule has 1 aliphatic heterocycles. The Morgan fingerprint density at radius 3 is 2.72 bits per heavy atom. The largest absolute Gasteiger partial charge is 0.475 e. The summed E-state index contributed by atoms with van der Waals surface area (Å²) in [5.74, 6) is -1.72. The van der Waals surface area contributed by atoms with E-state index >= 15 is 0 Å². The topological polar surface area (TPSA) is 106 Å². The molecule has 0 radical (unpaired) electrons. The van der Waals surface area contributed by atoms with Crippen molar-refractivity contribution in [2.75, 3.05) is 6.61 Å². The van der Waals surface area contributed by atoms with Crippen molar-refractivity contribution in [3.63, 3.8) is 0 Å². The van der Waals surface area contributed by atoms with Crippen LogP contribution in [0.1, 0.15) is 23.9 Å². The zero-order valence-corrected chi connectivity index (χ0v) is 10.4. The quantitative estimate of drug-likeness (QED) is 0.825. The Labute approximate surface area is 104 Å². The average molecular weight is 275 g/mol. The fourth-order valence-corrected chi connectivity index (χ4v) is 2.99. The van der Waals surface area contributed by atoms with Crippen molar-refractivity contribution in [1.29, 1.82) is 0 Å². The zero-order chi connectivity index (χ0) is 13.3. The Bertz CT molecular complexity index is 548. The van der Waals surface area contributed by atoms with Gasteiger partial charge >= 0.3 is 5.97 Å². The first-order chi connectivity index (χ1) is 8.40. The molecule has 1 aliphatic rings. The van der Waals surface area contributed by atoms with E-state index in [1.54, 1.807) is 6.92 Å². The molecule has 0 aromatic carbocycles. The summed E-state index contributed by atoms with van der Waals surface area (Å²) in [6, 6.07) is 1.89. The number of carboxylic acids is 1. The maximum atomic E-state index is 11.9. The van der Waals surface area contributed by atoms with Gasteiger partial charge in [0.2, 0.25) is 10.9 Å². The molecule has 2 atom stereocenters. The first-order valence-electron chi connectivity index (χ1n) is 5.37.